The van der Waals surface area contributed by atoms with Crippen molar-refractivity contribution in [2.24, 2.45) is 0 Å². The Morgan fingerprint density at radius 1 is 0.889 bits per heavy atom. The monoisotopic (exact) mass is 371 g/mol. The van der Waals surface area contributed by atoms with Gasteiger partial charge in [0.15, 0.2) is 0 Å². The third-order valence-corrected chi connectivity index (χ3v) is 3.61. The molecule has 0 fully saturated rings. The van der Waals surface area contributed by atoms with Gasteiger partial charge in [-0.1, -0.05) is 6.08 Å². The molecule has 142 valence electrons. The minimum atomic E-state index is -0.699. The Labute approximate surface area is 157 Å². The van der Waals surface area contributed by atoms with Crippen LogP contribution in [0.25, 0.3) is 0 Å². The van der Waals surface area contributed by atoms with E-state index in [1.807, 2.05) is 0 Å². The van der Waals surface area contributed by atoms with Crippen molar-refractivity contribution in [2.75, 3.05) is 19.1 Å². The first-order valence-corrected chi connectivity index (χ1v) is 8.25. The second kappa shape index (κ2) is 8.84. The quantitative estimate of drug-likeness (QED) is 0.581. The molecule has 0 radical (unpaired) electrons. The van der Waals surface area contributed by atoms with Crippen LogP contribution < -0.4 is 4.90 Å². The van der Waals surface area contributed by atoms with Crippen LogP contribution in [0.4, 0.5) is 5.69 Å². The van der Waals surface area contributed by atoms with Gasteiger partial charge in [0.25, 0.3) is 0 Å². The Bertz CT molecular complexity index is 817. The van der Waals surface area contributed by atoms with Crippen molar-refractivity contribution in [1.29, 1.82) is 0 Å². The van der Waals surface area contributed by atoms with Gasteiger partial charge in [-0.15, -0.1) is 0 Å². The van der Waals surface area contributed by atoms with Gasteiger partial charge in [0.1, 0.15) is 5.70 Å². The zero-order valence-electron chi connectivity index (χ0n) is 15.6. The van der Waals surface area contributed by atoms with Crippen LogP contribution in [0.1, 0.15) is 24.2 Å². The van der Waals surface area contributed by atoms with Gasteiger partial charge in [0, 0.05) is 11.9 Å². The van der Waals surface area contributed by atoms with Crippen molar-refractivity contribution >= 4 is 23.6 Å². The van der Waals surface area contributed by atoms with Crippen LogP contribution in [0.15, 0.2) is 60.0 Å². The Kier molecular flexibility index (Phi) is 6.54. The summed E-state index contributed by atoms with van der Waals surface area (Å²) in [5, 5.41) is 0. The summed E-state index contributed by atoms with van der Waals surface area (Å²) in [4.78, 5) is 38.0. The number of methoxy groups -OCH3 is 2. The van der Waals surface area contributed by atoms with Crippen molar-refractivity contribution < 1.29 is 28.6 Å². The summed E-state index contributed by atoms with van der Waals surface area (Å²) in [7, 11) is 2.46. The fourth-order valence-electron chi connectivity index (χ4n) is 2.41. The van der Waals surface area contributed by atoms with Gasteiger partial charge in [-0.25, -0.2) is 14.4 Å². The number of benzene rings is 1. The molecular formula is C20H21NO6. The molecule has 0 saturated heterocycles. The molecule has 7 nitrogen and oxygen atoms in total. The summed E-state index contributed by atoms with van der Waals surface area (Å²) in [5.74, 6) is -1.81. The predicted octanol–water partition coefficient (Wildman–Crippen LogP) is 2.74. The molecule has 0 N–H and O–H groups in total. The molecule has 27 heavy (non-hydrogen) atoms. The van der Waals surface area contributed by atoms with Gasteiger partial charge >= 0.3 is 17.9 Å². The van der Waals surface area contributed by atoms with E-state index in [0.717, 1.165) is 0 Å². The van der Waals surface area contributed by atoms with E-state index in [1.54, 1.807) is 56.5 Å². The van der Waals surface area contributed by atoms with Crippen LogP contribution in [0, 0.1) is 0 Å². The number of anilines is 1. The lowest BCUT2D eigenvalue weighted by Gasteiger charge is -2.23. The first-order valence-electron chi connectivity index (χ1n) is 8.25. The third kappa shape index (κ3) is 4.63. The molecule has 0 bridgehead atoms. The number of allylic oxidation sites excluding steroid dienone is 2. The molecule has 0 aromatic heterocycles. The van der Waals surface area contributed by atoms with Crippen LogP contribution in [0.5, 0.6) is 0 Å². The zero-order chi connectivity index (χ0) is 20.0. The van der Waals surface area contributed by atoms with E-state index >= 15 is 0 Å². The first-order chi connectivity index (χ1) is 12.9. The predicted molar refractivity (Wildman–Crippen MR) is 98.8 cm³/mol. The van der Waals surface area contributed by atoms with E-state index in [9.17, 15) is 14.4 Å². The van der Waals surface area contributed by atoms with E-state index in [2.05, 4.69) is 0 Å². The maximum absolute atomic E-state index is 12.4. The molecule has 0 amide bonds. The highest BCUT2D eigenvalue weighted by atomic mass is 16.5. The normalized spacial score (nSPS) is 13.4. The van der Waals surface area contributed by atoms with Gasteiger partial charge in [0.05, 0.1) is 31.5 Å². The number of nitrogens with zero attached hydrogens (tertiary/aromatic N) is 1. The van der Waals surface area contributed by atoms with Gasteiger partial charge < -0.3 is 19.1 Å². The minimum Gasteiger partial charge on any atom is -0.465 e. The van der Waals surface area contributed by atoms with Crippen molar-refractivity contribution in [1.82, 2.24) is 0 Å². The number of carbonyl (C=O) groups is 3. The van der Waals surface area contributed by atoms with Crippen molar-refractivity contribution in [3.05, 3.63) is 65.5 Å². The second-order valence-electron chi connectivity index (χ2n) is 5.82. The highest BCUT2D eigenvalue weighted by Gasteiger charge is 2.27. The van der Waals surface area contributed by atoms with Gasteiger partial charge in [0.2, 0.25) is 0 Å². The number of carbonyl (C=O) groups excluding carboxylic acids is 3. The minimum absolute atomic E-state index is 0.00635. The summed E-state index contributed by atoms with van der Waals surface area (Å²) in [6, 6.07) is 6.45. The Balaban J connectivity index is 2.46. The summed E-state index contributed by atoms with van der Waals surface area (Å²) >= 11 is 0. The molecule has 1 aromatic rings. The fourth-order valence-corrected chi connectivity index (χ4v) is 2.41. The lowest BCUT2D eigenvalue weighted by molar-refractivity contribution is -0.139. The smallest absolute Gasteiger partial charge is 0.355 e. The number of ether oxygens (including phenoxy) is 3. The molecular weight excluding hydrogens is 350 g/mol. The largest absolute Gasteiger partial charge is 0.465 e. The van der Waals surface area contributed by atoms with Crippen molar-refractivity contribution in [3.8, 4) is 0 Å². The molecule has 0 saturated carbocycles. The average Bonchev–Trinajstić information content (AvgIpc) is 2.89. The van der Waals surface area contributed by atoms with Crippen molar-refractivity contribution in [2.45, 2.75) is 20.0 Å². The molecule has 1 aromatic carbocycles. The fraction of sp³-hybridized carbons (Fsp3) is 0.250. The number of hydrogen-bond acceptors (Lipinski definition) is 7. The first kappa shape index (κ1) is 20.0. The average molecular weight is 371 g/mol. The maximum Gasteiger partial charge on any atom is 0.355 e. The molecule has 0 unspecified atom stereocenters. The number of hydrogen-bond donors (Lipinski definition) is 0. The highest BCUT2D eigenvalue weighted by molar-refractivity contribution is 6.05. The Morgan fingerprint density at radius 3 is 2.07 bits per heavy atom. The lowest BCUT2D eigenvalue weighted by Crippen LogP contribution is -2.27. The zero-order valence-corrected chi connectivity index (χ0v) is 15.6. The number of rotatable bonds is 5. The molecule has 0 aliphatic carbocycles. The van der Waals surface area contributed by atoms with Crippen LogP contribution in [0.3, 0.4) is 0 Å². The van der Waals surface area contributed by atoms with Crippen LogP contribution in [-0.2, 0) is 23.8 Å². The summed E-state index contributed by atoms with van der Waals surface area (Å²) < 4.78 is 14.8. The van der Waals surface area contributed by atoms with E-state index in [0.29, 0.717) is 11.3 Å². The lowest BCUT2D eigenvalue weighted by atomic mass is 10.1. The van der Waals surface area contributed by atoms with E-state index in [-0.39, 0.29) is 17.4 Å². The van der Waals surface area contributed by atoms with E-state index in [4.69, 9.17) is 14.2 Å². The number of esters is 3. The summed E-state index contributed by atoms with van der Waals surface area (Å²) in [6.45, 7) is 3.53. The summed E-state index contributed by atoms with van der Waals surface area (Å²) in [6.07, 6.45) is 6.14. The molecule has 7 heteroatoms. The second-order valence-corrected chi connectivity index (χ2v) is 5.82. The van der Waals surface area contributed by atoms with Gasteiger partial charge in [-0.3, -0.25) is 0 Å². The molecule has 0 atom stereocenters. The maximum atomic E-state index is 12.4. The molecule has 1 heterocycles. The Morgan fingerprint density at radius 2 is 1.52 bits per heavy atom. The molecule has 2 rings (SSSR count). The molecule has 1 aliphatic rings. The van der Waals surface area contributed by atoms with E-state index < -0.39 is 17.9 Å². The van der Waals surface area contributed by atoms with Crippen LogP contribution in [-0.4, -0.2) is 38.2 Å². The molecule has 1 aliphatic heterocycles. The third-order valence-electron chi connectivity index (χ3n) is 3.61. The highest BCUT2D eigenvalue weighted by Crippen LogP contribution is 2.26. The van der Waals surface area contributed by atoms with Gasteiger partial charge in [-0.05, 0) is 50.3 Å². The van der Waals surface area contributed by atoms with Gasteiger partial charge in [-0.2, -0.15) is 0 Å². The standard InChI is InChI=1S/C20H21NO6/c1-13(2)27-18(22)14-8-10-15(11-9-14)21-12-6-5-7-16(19(23)25-3)17(21)20(24)26-4/h5-13H,1-4H3. The van der Waals surface area contributed by atoms with Crippen molar-refractivity contribution in [3.63, 3.8) is 0 Å². The van der Waals surface area contributed by atoms with Crippen LogP contribution in [0.2, 0.25) is 0 Å². The summed E-state index contributed by atoms with van der Waals surface area (Å²) in [5.41, 5.74) is 0.989. The topological polar surface area (TPSA) is 82.1 Å². The molecule has 0 spiro atoms. The SMILES string of the molecule is COC(=O)C1=C(C(=O)OC)N(c2ccc(C(=O)OC(C)C)cc2)C=CC=C1. The Hall–Kier alpha value is -3.35. The van der Waals surface area contributed by atoms with E-state index in [1.165, 1.54) is 25.2 Å². The van der Waals surface area contributed by atoms with Crippen LogP contribution >= 0.6 is 0 Å².